The van der Waals surface area contributed by atoms with Crippen molar-refractivity contribution in [2.75, 3.05) is 13.2 Å². The average molecular weight is 322 g/mol. The van der Waals surface area contributed by atoms with Gasteiger partial charge in [0.25, 0.3) is 0 Å². The Hall–Kier alpha value is 0.570. The van der Waals surface area contributed by atoms with E-state index in [1.165, 1.54) is 12.2 Å². The summed E-state index contributed by atoms with van der Waals surface area (Å²) in [5, 5.41) is 21.3. The molecule has 102 valence electrons. The molecule has 0 aliphatic rings. The first kappa shape index (κ1) is 25.5. The molecule has 0 aromatic carbocycles. The molecule has 0 heterocycles. The Kier molecular flexibility index (Phi) is 16.9. The van der Waals surface area contributed by atoms with E-state index in [0.717, 1.165) is 0 Å². The predicted octanol–water partition coefficient (Wildman–Crippen LogP) is -7.15. The summed E-state index contributed by atoms with van der Waals surface area (Å²) in [4.78, 5) is 21.3. The van der Waals surface area contributed by atoms with Crippen molar-refractivity contribution in [3.05, 3.63) is 25.3 Å². The third-order valence-electron chi connectivity index (χ3n) is 1.76. The van der Waals surface area contributed by atoms with Crippen molar-refractivity contribution in [2.45, 2.75) is 12.1 Å². The van der Waals surface area contributed by atoms with Crippen LogP contribution in [0.15, 0.2) is 25.3 Å². The summed E-state index contributed by atoms with van der Waals surface area (Å²) in [6, 6.07) is 0. The van der Waals surface area contributed by atoms with Crippen molar-refractivity contribution in [1.29, 1.82) is 0 Å². The van der Waals surface area contributed by atoms with Crippen molar-refractivity contribution < 1.29 is 92.5 Å². The van der Waals surface area contributed by atoms with Gasteiger partial charge in [-0.25, -0.2) is 0 Å². The van der Waals surface area contributed by atoms with E-state index < -0.39 is 31.6 Å². The summed E-state index contributed by atoms with van der Waals surface area (Å²) in [6.07, 6.45) is 1.40. The Balaban J connectivity index is -0.00000144. The van der Waals surface area contributed by atoms with E-state index in [0.29, 0.717) is 0 Å². The van der Waals surface area contributed by atoms with Gasteiger partial charge in [0.05, 0.1) is 19.2 Å². The number of carbonyl (C=O) groups excluding carboxylic acids is 2. The van der Waals surface area contributed by atoms with Crippen LogP contribution >= 0.6 is 7.60 Å². The van der Waals surface area contributed by atoms with E-state index in [1.807, 2.05) is 0 Å². The molecule has 0 aliphatic carbocycles. The van der Waals surface area contributed by atoms with Crippen LogP contribution in [0.25, 0.3) is 0 Å². The molecule has 0 bridgehead atoms. The van der Waals surface area contributed by atoms with Crippen LogP contribution in [0.2, 0.25) is 0 Å². The van der Waals surface area contributed by atoms with E-state index >= 15 is 0 Å². The Morgan fingerprint density at radius 2 is 1.50 bits per heavy atom. The van der Waals surface area contributed by atoms with E-state index in [4.69, 9.17) is 9.05 Å². The molecule has 0 N–H and O–H groups in total. The van der Waals surface area contributed by atoms with Gasteiger partial charge in [-0.05, 0) is 0 Å². The zero-order valence-corrected chi connectivity index (χ0v) is 16.5. The Labute approximate surface area is 161 Å². The molecule has 0 aromatic rings. The average Bonchev–Trinajstić information content (AvgIpc) is 2.30. The number of rotatable bonds is 10. The number of carboxylic acid groups (broad SMARTS) is 2. The summed E-state index contributed by atoms with van der Waals surface area (Å²) in [5.41, 5.74) is -1.94. The minimum absolute atomic E-state index is 0. The number of hydrogen-bond donors (Lipinski definition) is 0. The van der Waals surface area contributed by atoms with Gasteiger partial charge in [0.2, 0.25) is 0 Å². The first-order valence-corrected chi connectivity index (χ1v) is 6.50. The van der Waals surface area contributed by atoms with Gasteiger partial charge in [-0.2, -0.15) is 0 Å². The first-order chi connectivity index (χ1) is 8.37. The smallest absolute Gasteiger partial charge is 0.550 e. The molecule has 20 heavy (non-hydrogen) atoms. The third-order valence-corrected chi connectivity index (χ3v) is 3.93. The fraction of sp³-hybridized carbons (Fsp3) is 0.400. The van der Waals surface area contributed by atoms with Crippen LogP contribution < -0.4 is 69.3 Å². The van der Waals surface area contributed by atoms with Crippen LogP contribution in [0.3, 0.4) is 0 Å². The molecule has 0 fully saturated rings. The Morgan fingerprint density at radius 1 is 1.10 bits per heavy atom. The molecule has 1 atom stereocenters. The third kappa shape index (κ3) is 9.50. The van der Waals surface area contributed by atoms with Gasteiger partial charge in [-0.15, -0.1) is 13.2 Å². The number of aliphatic carboxylic acids is 2. The monoisotopic (exact) mass is 322 g/mol. The number of carboxylic acids is 2. The largest absolute Gasteiger partial charge is 1.00 e. The molecule has 0 spiro atoms. The molecule has 0 amide bonds. The molecular formula is C10H13Na2O7P. The van der Waals surface area contributed by atoms with Crippen LogP contribution in [-0.2, 0) is 23.2 Å². The van der Waals surface area contributed by atoms with Crippen molar-refractivity contribution in [3.63, 3.8) is 0 Å². The van der Waals surface area contributed by atoms with Gasteiger partial charge >= 0.3 is 66.7 Å². The molecule has 1 unspecified atom stereocenters. The molecule has 7 nitrogen and oxygen atoms in total. The number of hydrogen-bond acceptors (Lipinski definition) is 7. The molecule has 0 saturated carbocycles. The van der Waals surface area contributed by atoms with Crippen molar-refractivity contribution >= 4 is 19.5 Å². The van der Waals surface area contributed by atoms with Crippen LogP contribution in [0.4, 0.5) is 0 Å². The van der Waals surface area contributed by atoms with E-state index in [9.17, 15) is 24.4 Å². The topological polar surface area (TPSA) is 116 Å². The second kappa shape index (κ2) is 13.2. The SMILES string of the molecule is C=CCOP(=O)(OCC=C)C(CC(=O)[O-])C(=O)[O-].[Na+].[Na+]. The van der Waals surface area contributed by atoms with Crippen molar-refractivity contribution in [2.24, 2.45) is 0 Å². The maximum absolute atomic E-state index is 12.2. The molecule has 0 aliphatic heterocycles. The van der Waals surface area contributed by atoms with Gasteiger partial charge in [0.15, 0.2) is 0 Å². The second-order valence-corrected chi connectivity index (χ2v) is 5.34. The zero-order chi connectivity index (χ0) is 14.2. The second-order valence-electron chi connectivity index (χ2n) is 3.12. The minimum atomic E-state index is -4.20. The fourth-order valence-corrected chi connectivity index (χ4v) is 2.70. The van der Waals surface area contributed by atoms with Gasteiger partial charge in [0.1, 0.15) is 5.66 Å². The summed E-state index contributed by atoms with van der Waals surface area (Å²) in [7, 11) is -4.20. The van der Waals surface area contributed by atoms with E-state index in [-0.39, 0.29) is 72.3 Å². The van der Waals surface area contributed by atoms with Crippen LogP contribution in [0, 0.1) is 0 Å². The van der Waals surface area contributed by atoms with E-state index in [2.05, 4.69) is 13.2 Å². The summed E-state index contributed by atoms with van der Waals surface area (Å²) < 4.78 is 21.7. The van der Waals surface area contributed by atoms with Crippen molar-refractivity contribution in [1.82, 2.24) is 0 Å². The molecular weight excluding hydrogens is 309 g/mol. The van der Waals surface area contributed by atoms with Crippen LogP contribution in [-0.4, -0.2) is 30.8 Å². The first-order valence-electron chi connectivity index (χ1n) is 4.88. The van der Waals surface area contributed by atoms with Crippen LogP contribution in [0.5, 0.6) is 0 Å². The summed E-state index contributed by atoms with van der Waals surface area (Å²) in [6.45, 7) is 6.07. The molecule has 10 heteroatoms. The molecule has 0 aromatic heterocycles. The van der Waals surface area contributed by atoms with Gasteiger partial charge < -0.3 is 28.8 Å². The minimum Gasteiger partial charge on any atom is -0.550 e. The maximum Gasteiger partial charge on any atom is 1.00 e. The summed E-state index contributed by atoms with van der Waals surface area (Å²) >= 11 is 0. The normalized spacial score (nSPS) is 11.4. The molecule has 0 rings (SSSR count). The predicted molar refractivity (Wildman–Crippen MR) is 58.3 cm³/mol. The summed E-state index contributed by atoms with van der Waals surface area (Å²) in [5.74, 6) is -3.55. The van der Waals surface area contributed by atoms with Crippen molar-refractivity contribution in [3.8, 4) is 0 Å². The molecule has 0 radical (unpaired) electrons. The molecule has 0 saturated heterocycles. The maximum atomic E-state index is 12.2. The van der Waals surface area contributed by atoms with Gasteiger partial charge in [0, 0.05) is 12.4 Å². The Morgan fingerprint density at radius 3 is 1.75 bits per heavy atom. The van der Waals surface area contributed by atoms with Gasteiger partial charge in [-0.1, -0.05) is 12.2 Å². The van der Waals surface area contributed by atoms with Gasteiger partial charge in [-0.3, -0.25) is 4.57 Å². The standard InChI is InChI=1S/C10H15O7P.2Na/c1-3-5-16-18(15,17-6-4-2)8(10(13)14)7-9(11)12;;/h3-4,8H,1-2,5-7H2,(H,11,12)(H,13,14);;/q;2*+1/p-2. The van der Waals surface area contributed by atoms with E-state index in [1.54, 1.807) is 0 Å². The fourth-order valence-electron chi connectivity index (χ4n) is 1.01. The Bertz CT molecular complexity index is 370. The quantitative estimate of drug-likeness (QED) is 0.223. The number of carbonyl (C=O) groups is 2. The van der Waals surface area contributed by atoms with Crippen LogP contribution in [0.1, 0.15) is 6.42 Å². The zero-order valence-electron chi connectivity index (χ0n) is 11.6.